The van der Waals surface area contributed by atoms with Crippen LogP contribution in [0.5, 0.6) is 0 Å². The zero-order valence-corrected chi connectivity index (χ0v) is 8.62. The van der Waals surface area contributed by atoms with E-state index in [4.69, 9.17) is 11.2 Å². The van der Waals surface area contributed by atoms with Crippen molar-refractivity contribution < 1.29 is 4.74 Å². The summed E-state index contributed by atoms with van der Waals surface area (Å²) in [6.45, 7) is 7.38. The fraction of sp³-hybridized carbons (Fsp3) is 0.818. The fourth-order valence-corrected chi connectivity index (χ4v) is 1.70. The summed E-state index contributed by atoms with van der Waals surface area (Å²) in [6.07, 6.45) is 7.57. The average Bonchev–Trinajstić information content (AvgIpc) is 2.13. The van der Waals surface area contributed by atoms with E-state index in [-0.39, 0.29) is 0 Å². The van der Waals surface area contributed by atoms with Crippen LogP contribution in [-0.2, 0) is 4.74 Å². The molecule has 0 bridgehead atoms. The van der Waals surface area contributed by atoms with Crippen molar-refractivity contribution in [1.82, 2.24) is 4.90 Å². The van der Waals surface area contributed by atoms with Crippen molar-refractivity contribution in [2.45, 2.75) is 38.8 Å². The maximum atomic E-state index is 5.54. The van der Waals surface area contributed by atoms with Crippen LogP contribution in [0.4, 0.5) is 0 Å². The Morgan fingerprint density at radius 1 is 1.54 bits per heavy atom. The van der Waals surface area contributed by atoms with E-state index >= 15 is 0 Å². The largest absolute Gasteiger partial charge is 0.376 e. The molecule has 0 radical (unpaired) electrons. The lowest BCUT2D eigenvalue weighted by Crippen LogP contribution is -2.48. The van der Waals surface area contributed by atoms with Crippen LogP contribution >= 0.6 is 0 Å². The molecule has 1 heterocycles. The highest BCUT2D eigenvalue weighted by Crippen LogP contribution is 2.13. The van der Waals surface area contributed by atoms with Crippen LogP contribution in [0.25, 0.3) is 0 Å². The average molecular weight is 181 g/mol. The van der Waals surface area contributed by atoms with Crippen LogP contribution in [0.1, 0.15) is 26.7 Å². The Kier molecular flexibility index (Phi) is 4.27. The summed E-state index contributed by atoms with van der Waals surface area (Å²) in [7, 11) is 0. The van der Waals surface area contributed by atoms with Gasteiger partial charge in [0.2, 0.25) is 0 Å². The second kappa shape index (κ2) is 5.26. The number of ether oxygens (including phenoxy) is 1. The van der Waals surface area contributed by atoms with Crippen LogP contribution in [0.15, 0.2) is 0 Å². The van der Waals surface area contributed by atoms with Gasteiger partial charge in [-0.3, -0.25) is 4.90 Å². The van der Waals surface area contributed by atoms with Crippen molar-refractivity contribution in [1.29, 1.82) is 0 Å². The molecule has 0 N–H and O–H groups in total. The maximum Gasteiger partial charge on any atom is 0.0700 e. The van der Waals surface area contributed by atoms with Gasteiger partial charge in [-0.2, -0.15) is 0 Å². The molecule has 13 heavy (non-hydrogen) atoms. The number of morpholine rings is 1. The van der Waals surface area contributed by atoms with Crippen LogP contribution < -0.4 is 0 Å². The van der Waals surface area contributed by atoms with Gasteiger partial charge in [-0.05, 0) is 26.8 Å². The standard InChI is InChI=1S/C11H19NO/c1-4-5-6-7-12-8-9-13-11(3)10(12)2/h1,10-11H,5-9H2,2-3H3. The predicted octanol–water partition coefficient (Wildman–Crippen LogP) is 1.51. The SMILES string of the molecule is C#CCCCN1CCOC(C)C1C. The monoisotopic (exact) mass is 181 g/mol. The Bertz CT molecular complexity index is 185. The van der Waals surface area contributed by atoms with Gasteiger partial charge in [0, 0.05) is 19.0 Å². The molecule has 0 aliphatic carbocycles. The van der Waals surface area contributed by atoms with E-state index in [1.165, 1.54) is 0 Å². The van der Waals surface area contributed by atoms with Gasteiger partial charge in [0.1, 0.15) is 0 Å². The number of hydrogen-bond acceptors (Lipinski definition) is 2. The summed E-state index contributed by atoms with van der Waals surface area (Å²) < 4.78 is 5.54. The second-order valence-corrected chi connectivity index (χ2v) is 3.66. The summed E-state index contributed by atoms with van der Waals surface area (Å²) in [5.41, 5.74) is 0. The molecule has 2 unspecified atom stereocenters. The van der Waals surface area contributed by atoms with Crippen LogP contribution in [-0.4, -0.2) is 36.7 Å². The zero-order valence-electron chi connectivity index (χ0n) is 8.62. The quantitative estimate of drug-likeness (QED) is 0.483. The van der Waals surface area contributed by atoms with E-state index in [1.807, 2.05) is 0 Å². The number of nitrogens with zero attached hydrogens (tertiary/aromatic N) is 1. The molecule has 0 aromatic rings. The molecule has 0 amide bonds. The van der Waals surface area contributed by atoms with Gasteiger partial charge in [-0.15, -0.1) is 12.3 Å². The highest BCUT2D eigenvalue weighted by molar-refractivity contribution is 4.84. The molecule has 1 fully saturated rings. The third-order valence-electron chi connectivity index (χ3n) is 2.78. The Morgan fingerprint density at radius 3 is 3.00 bits per heavy atom. The summed E-state index contributed by atoms with van der Waals surface area (Å²) in [4.78, 5) is 2.46. The topological polar surface area (TPSA) is 12.5 Å². The third kappa shape index (κ3) is 3.02. The Labute approximate surface area is 81.3 Å². The van der Waals surface area contributed by atoms with E-state index in [9.17, 15) is 0 Å². The lowest BCUT2D eigenvalue weighted by Gasteiger charge is -2.37. The number of unbranched alkanes of at least 4 members (excludes halogenated alkanes) is 1. The second-order valence-electron chi connectivity index (χ2n) is 3.66. The first kappa shape index (κ1) is 10.6. The molecular formula is C11H19NO. The van der Waals surface area contributed by atoms with Gasteiger partial charge < -0.3 is 4.74 Å². The van der Waals surface area contributed by atoms with E-state index < -0.39 is 0 Å². The maximum absolute atomic E-state index is 5.54. The molecule has 2 nitrogen and oxygen atoms in total. The van der Waals surface area contributed by atoms with Crippen molar-refractivity contribution in [2.75, 3.05) is 19.7 Å². The van der Waals surface area contributed by atoms with Gasteiger partial charge in [-0.25, -0.2) is 0 Å². The van der Waals surface area contributed by atoms with Gasteiger partial charge >= 0.3 is 0 Å². The molecule has 1 aliphatic rings. The molecule has 2 atom stereocenters. The van der Waals surface area contributed by atoms with Crippen molar-refractivity contribution >= 4 is 0 Å². The third-order valence-corrected chi connectivity index (χ3v) is 2.78. The van der Waals surface area contributed by atoms with Crippen LogP contribution in [0, 0.1) is 12.3 Å². The lowest BCUT2D eigenvalue weighted by atomic mass is 10.1. The zero-order chi connectivity index (χ0) is 9.68. The van der Waals surface area contributed by atoms with Crippen molar-refractivity contribution in [3.8, 4) is 12.3 Å². The Morgan fingerprint density at radius 2 is 2.31 bits per heavy atom. The molecule has 1 aliphatic heterocycles. The molecule has 0 spiro atoms. The molecular weight excluding hydrogens is 162 g/mol. The summed E-state index contributed by atoms with van der Waals surface area (Å²) in [6, 6.07) is 0.534. The summed E-state index contributed by atoms with van der Waals surface area (Å²) in [5.74, 6) is 2.68. The number of hydrogen-bond donors (Lipinski definition) is 0. The minimum atomic E-state index is 0.361. The molecule has 0 aromatic carbocycles. The van der Waals surface area contributed by atoms with E-state index in [0.29, 0.717) is 12.1 Å². The predicted molar refractivity (Wildman–Crippen MR) is 54.5 cm³/mol. The van der Waals surface area contributed by atoms with Crippen molar-refractivity contribution in [2.24, 2.45) is 0 Å². The molecule has 1 rings (SSSR count). The van der Waals surface area contributed by atoms with E-state index in [1.54, 1.807) is 0 Å². The highest BCUT2D eigenvalue weighted by atomic mass is 16.5. The number of rotatable bonds is 3. The van der Waals surface area contributed by atoms with Crippen LogP contribution in [0.3, 0.4) is 0 Å². The normalized spacial score (nSPS) is 29.9. The van der Waals surface area contributed by atoms with E-state index in [2.05, 4.69) is 24.7 Å². The minimum Gasteiger partial charge on any atom is -0.376 e. The molecule has 0 aromatic heterocycles. The first-order chi connectivity index (χ1) is 6.25. The summed E-state index contributed by atoms with van der Waals surface area (Å²) in [5, 5.41) is 0. The Hall–Kier alpha value is -0.520. The van der Waals surface area contributed by atoms with Gasteiger partial charge in [0.25, 0.3) is 0 Å². The van der Waals surface area contributed by atoms with Crippen molar-refractivity contribution in [3.05, 3.63) is 0 Å². The minimum absolute atomic E-state index is 0.361. The summed E-state index contributed by atoms with van der Waals surface area (Å²) >= 11 is 0. The van der Waals surface area contributed by atoms with E-state index in [0.717, 1.165) is 32.5 Å². The van der Waals surface area contributed by atoms with Gasteiger partial charge in [0.05, 0.1) is 12.7 Å². The first-order valence-corrected chi connectivity index (χ1v) is 5.05. The van der Waals surface area contributed by atoms with Crippen LogP contribution in [0.2, 0.25) is 0 Å². The smallest absolute Gasteiger partial charge is 0.0700 e. The molecule has 74 valence electrons. The first-order valence-electron chi connectivity index (χ1n) is 5.05. The lowest BCUT2D eigenvalue weighted by molar-refractivity contribution is -0.0551. The van der Waals surface area contributed by atoms with Gasteiger partial charge in [-0.1, -0.05) is 0 Å². The molecule has 2 heteroatoms. The van der Waals surface area contributed by atoms with Crippen molar-refractivity contribution in [3.63, 3.8) is 0 Å². The Balaban J connectivity index is 2.27. The number of terminal acetylenes is 1. The molecule has 1 saturated heterocycles. The fourth-order valence-electron chi connectivity index (χ4n) is 1.70. The molecule has 0 saturated carbocycles. The highest BCUT2D eigenvalue weighted by Gasteiger charge is 2.24. The van der Waals surface area contributed by atoms with Gasteiger partial charge in [0.15, 0.2) is 0 Å².